The van der Waals surface area contributed by atoms with Gasteiger partial charge in [-0.1, -0.05) is 26.0 Å². The number of rotatable bonds is 8. The van der Waals surface area contributed by atoms with Gasteiger partial charge in [0.25, 0.3) is 5.91 Å². The summed E-state index contributed by atoms with van der Waals surface area (Å²) in [6.45, 7) is 6.65. The molecular formula is C21H25N3O3. The normalized spacial score (nSPS) is 12.4. The molecule has 0 aromatic heterocycles. The molecule has 1 heterocycles. The van der Waals surface area contributed by atoms with Crippen LogP contribution in [0.4, 0.5) is 5.69 Å². The molecule has 0 fully saturated rings. The number of benzene rings is 2. The average molecular weight is 367 g/mol. The molecule has 2 aromatic rings. The number of fused-ring (bicyclic) bond motifs is 1. The molecule has 1 amide bonds. The average Bonchev–Trinajstić information content (AvgIpc) is 3.16. The van der Waals surface area contributed by atoms with Crippen LogP contribution in [0.15, 0.2) is 47.6 Å². The second-order valence-electron chi connectivity index (χ2n) is 6.35. The first-order valence-electron chi connectivity index (χ1n) is 9.29. The molecule has 27 heavy (non-hydrogen) atoms. The summed E-state index contributed by atoms with van der Waals surface area (Å²) < 4.78 is 10.5. The van der Waals surface area contributed by atoms with Gasteiger partial charge in [-0.05, 0) is 48.7 Å². The van der Waals surface area contributed by atoms with Crippen LogP contribution in [0.3, 0.4) is 0 Å². The number of hydrogen-bond donors (Lipinski definition) is 1. The molecule has 0 bridgehead atoms. The van der Waals surface area contributed by atoms with Crippen molar-refractivity contribution in [3.63, 3.8) is 0 Å². The zero-order valence-corrected chi connectivity index (χ0v) is 15.8. The van der Waals surface area contributed by atoms with Gasteiger partial charge in [-0.15, -0.1) is 0 Å². The zero-order chi connectivity index (χ0) is 19.1. The van der Waals surface area contributed by atoms with Crippen molar-refractivity contribution in [2.45, 2.75) is 26.7 Å². The van der Waals surface area contributed by atoms with Crippen LogP contribution in [0, 0.1) is 0 Å². The first kappa shape index (κ1) is 18.8. The van der Waals surface area contributed by atoms with Crippen LogP contribution < -0.4 is 19.8 Å². The van der Waals surface area contributed by atoms with Crippen LogP contribution in [0.25, 0.3) is 0 Å². The van der Waals surface area contributed by atoms with E-state index in [0.29, 0.717) is 17.1 Å². The third-order valence-electron chi connectivity index (χ3n) is 4.26. The SMILES string of the molecule is CCCN(CCC)c1ccc(C=NNC(=O)c2ccc3c(c2)OCO3)cc1. The standard InChI is InChI=1S/C21H25N3O3/c1-3-11-24(12-4-2)18-8-5-16(6-9-18)14-22-23-21(25)17-7-10-19-20(13-17)27-15-26-19/h5-10,13-14H,3-4,11-12,15H2,1-2H3,(H,23,25). The lowest BCUT2D eigenvalue weighted by Gasteiger charge is -2.23. The van der Waals surface area contributed by atoms with Gasteiger partial charge < -0.3 is 14.4 Å². The van der Waals surface area contributed by atoms with Crippen LogP contribution in [-0.2, 0) is 0 Å². The maximum atomic E-state index is 12.2. The number of amides is 1. The molecule has 1 aliphatic rings. The van der Waals surface area contributed by atoms with E-state index < -0.39 is 0 Å². The van der Waals surface area contributed by atoms with E-state index in [4.69, 9.17) is 9.47 Å². The fourth-order valence-electron chi connectivity index (χ4n) is 2.95. The van der Waals surface area contributed by atoms with Crippen LogP contribution in [0.5, 0.6) is 11.5 Å². The number of nitrogens with zero attached hydrogens (tertiary/aromatic N) is 2. The maximum absolute atomic E-state index is 12.2. The highest BCUT2D eigenvalue weighted by Crippen LogP contribution is 2.32. The smallest absolute Gasteiger partial charge is 0.271 e. The minimum absolute atomic E-state index is 0.183. The summed E-state index contributed by atoms with van der Waals surface area (Å²) in [5, 5.41) is 4.05. The molecule has 0 atom stereocenters. The highest BCUT2D eigenvalue weighted by Gasteiger charge is 2.15. The lowest BCUT2D eigenvalue weighted by atomic mass is 10.2. The third-order valence-corrected chi connectivity index (χ3v) is 4.26. The number of ether oxygens (including phenoxy) is 2. The van der Waals surface area contributed by atoms with Crippen molar-refractivity contribution in [1.29, 1.82) is 0 Å². The van der Waals surface area contributed by atoms with Gasteiger partial charge in [0, 0.05) is 24.3 Å². The molecule has 0 saturated heterocycles. The van der Waals surface area contributed by atoms with Crippen molar-refractivity contribution in [2.75, 3.05) is 24.8 Å². The van der Waals surface area contributed by atoms with E-state index in [9.17, 15) is 4.79 Å². The van der Waals surface area contributed by atoms with Gasteiger partial charge in [0.15, 0.2) is 11.5 Å². The van der Waals surface area contributed by atoms with Gasteiger partial charge in [0.1, 0.15) is 0 Å². The number of nitrogens with one attached hydrogen (secondary N) is 1. The van der Waals surface area contributed by atoms with Gasteiger partial charge >= 0.3 is 0 Å². The fourth-order valence-corrected chi connectivity index (χ4v) is 2.95. The van der Waals surface area contributed by atoms with E-state index in [1.165, 1.54) is 5.69 Å². The Hall–Kier alpha value is -3.02. The Kier molecular flexibility index (Phi) is 6.30. The van der Waals surface area contributed by atoms with Crippen LogP contribution in [0.2, 0.25) is 0 Å². The quantitative estimate of drug-likeness (QED) is 0.569. The Balaban J connectivity index is 1.58. The summed E-state index contributed by atoms with van der Waals surface area (Å²) >= 11 is 0. The van der Waals surface area contributed by atoms with Crippen LogP contribution in [-0.4, -0.2) is 32.0 Å². The lowest BCUT2D eigenvalue weighted by Crippen LogP contribution is -2.24. The summed E-state index contributed by atoms with van der Waals surface area (Å²) in [5.41, 5.74) is 5.15. The van der Waals surface area contributed by atoms with Crippen molar-refractivity contribution in [2.24, 2.45) is 5.10 Å². The minimum Gasteiger partial charge on any atom is -0.454 e. The van der Waals surface area contributed by atoms with Crippen molar-refractivity contribution in [3.05, 3.63) is 53.6 Å². The van der Waals surface area contributed by atoms with Crippen molar-refractivity contribution in [3.8, 4) is 11.5 Å². The first-order valence-corrected chi connectivity index (χ1v) is 9.29. The fraction of sp³-hybridized carbons (Fsp3) is 0.333. The van der Waals surface area contributed by atoms with Crippen LogP contribution >= 0.6 is 0 Å². The molecule has 2 aromatic carbocycles. The molecular weight excluding hydrogens is 342 g/mol. The molecule has 0 radical (unpaired) electrons. The second-order valence-corrected chi connectivity index (χ2v) is 6.35. The van der Waals surface area contributed by atoms with E-state index in [-0.39, 0.29) is 12.7 Å². The Morgan fingerprint density at radius 2 is 1.78 bits per heavy atom. The molecule has 0 unspecified atom stereocenters. The number of hydrogen-bond acceptors (Lipinski definition) is 5. The van der Waals surface area contributed by atoms with Crippen molar-refractivity contribution >= 4 is 17.8 Å². The summed E-state index contributed by atoms with van der Waals surface area (Å²) in [5.74, 6) is 0.930. The Morgan fingerprint density at radius 1 is 1.07 bits per heavy atom. The van der Waals surface area contributed by atoms with E-state index in [2.05, 4.69) is 41.4 Å². The van der Waals surface area contributed by atoms with Crippen LogP contribution in [0.1, 0.15) is 42.6 Å². The van der Waals surface area contributed by atoms with E-state index >= 15 is 0 Å². The number of carbonyl (C=O) groups excluding carboxylic acids is 1. The second kappa shape index (κ2) is 9.07. The van der Waals surface area contributed by atoms with E-state index in [0.717, 1.165) is 31.5 Å². The van der Waals surface area contributed by atoms with E-state index in [1.807, 2.05) is 12.1 Å². The Morgan fingerprint density at radius 3 is 2.48 bits per heavy atom. The third kappa shape index (κ3) is 4.78. The van der Waals surface area contributed by atoms with Gasteiger partial charge in [-0.3, -0.25) is 4.79 Å². The maximum Gasteiger partial charge on any atom is 0.271 e. The summed E-state index contributed by atoms with van der Waals surface area (Å²) in [6.07, 6.45) is 3.88. The number of hydrazone groups is 1. The highest BCUT2D eigenvalue weighted by molar-refractivity contribution is 5.95. The van der Waals surface area contributed by atoms with Crippen molar-refractivity contribution < 1.29 is 14.3 Å². The van der Waals surface area contributed by atoms with Gasteiger partial charge in [-0.25, -0.2) is 5.43 Å². The molecule has 3 rings (SSSR count). The van der Waals surface area contributed by atoms with E-state index in [1.54, 1.807) is 24.4 Å². The lowest BCUT2D eigenvalue weighted by molar-refractivity contribution is 0.0954. The van der Waals surface area contributed by atoms with Gasteiger partial charge in [0.2, 0.25) is 6.79 Å². The molecule has 6 nitrogen and oxygen atoms in total. The molecule has 0 spiro atoms. The predicted molar refractivity (Wildman–Crippen MR) is 107 cm³/mol. The zero-order valence-electron chi connectivity index (χ0n) is 15.8. The van der Waals surface area contributed by atoms with Gasteiger partial charge in [0.05, 0.1) is 6.21 Å². The number of anilines is 1. The monoisotopic (exact) mass is 367 g/mol. The van der Waals surface area contributed by atoms with Gasteiger partial charge in [-0.2, -0.15) is 5.10 Å². The molecule has 1 N–H and O–H groups in total. The summed E-state index contributed by atoms with van der Waals surface area (Å²) in [7, 11) is 0. The summed E-state index contributed by atoms with van der Waals surface area (Å²) in [6, 6.07) is 13.2. The first-order chi connectivity index (χ1) is 13.2. The molecule has 6 heteroatoms. The Bertz CT molecular complexity index is 797. The minimum atomic E-state index is -0.293. The molecule has 0 aliphatic carbocycles. The molecule has 142 valence electrons. The molecule has 0 saturated carbocycles. The van der Waals surface area contributed by atoms with Crippen molar-refractivity contribution in [1.82, 2.24) is 5.43 Å². The number of carbonyl (C=O) groups is 1. The largest absolute Gasteiger partial charge is 0.454 e. The topological polar surface area (TPSA) is 63.2 Å². The predicted octanol–water partition coefficient (Wildman–Crippen LogP) is 3.81. The summed E-state index contributed by atoms with van der Waals surface area (Å²) in [4.78, 5) is 14.6. The highest BCUT2D eigenvalue weighted by atomic mass is 16.7. The molecule has 1 aliphatic heterocycles. The Labute approximate surface area is 159 Å².